The number of hydrogen-bond acceptors (Lipinski definition) is 4. The van der Waals surface area contributed by atoms with Gasteiger partial charge in [-0.2, -0.15) is 5.10 Å². The summed E-state index contributed by atoms with van der Waals surface area (Å²) >= 11 is 0. The maximum absolute atomic E-state index is 12.0. The smallest absolute Gasteiger partial charge is 0.326 e. The van der Waals surface area contributed by atoms with Gasteiger partial charge in [0.1, 0.15) is 6.04 Å². The summed E-state index contributed by atoms with van der Waals surface area (Å²) in [6.45, 7) is 0. The predicted molar refractivity (Wildman–Crippen MR) is 68.8 cm³/mol. The molecule has 0 bridgehead atoms. The Morgan fingerprint density at radius 1 is 1.35 bits per heavy atom. The van der Waals surface area contributed by atoms with Crippen LogP contribution < -0.4 is 11.1 Å². The second-order valence-electron chi connectivity index (χ2n) is 4.15. The highest BCUT2D eigenvalue weighted by Gasteiger charge is 2.24. The van der Waals surface area contributed by atoms with E-state index >= 15 is 0 Å². The van der Waals surface area contributed by atoms with Gasteiger partial charge in [-0.3, -0.25) is 14.7 Å². The van der Waals surface area contributed by atoms with E-state index in [0.717, 1.165) is 0 Å². The van der Waals surface area contributed by atoms with E-state index < -0.39 is 30.2 Å². The number of nitrogens with two attached hydrogens (primary N) is 1. The van der Waals surface area contributed by atoms with Crippen molar-refractivity contribution in [2.45, 2.75) is 12.5 Å². The molecule has 5 N–H and O–H groups in total. The number of carboxylic acid groups (broad SMARTS) is 1. The summed E-state index contributed by atoms with van der Waals surface area (Å²) in [4.78, 5) is 33.7. The molecular formula is C12H12N4O4. The van der Waals surface area contributed by atoms with E-state index in [0.29, 0.717) is 10.9 Å². The molecule has 1 atom stereocenters. The average molecular weight is 276 g/mol. The number of aromatic nitrogens is 2. The van der Waals surface area contributed by atoms with E-state index in [9.17, 15) is 14.4 Å². The highest BCUT2D eigenvalue weighted by atomic mass is 16.4. The molecule has 0 saturated carbocycles. The maximum atomic E-state index is 12.0. The molecule has 8 heteroatoms. The molecule has 0 aliphatic carbocycles. The van der Waals surface area contributed by atoms with Crippen LogP contribution in [0.1, 0.15) is 16.9 Å². The van der Waals surface area contributed by atoms with Crippen molar-refractivity contribution in [1.29, 1.82) is 0 Å². The first kappa shape index (κ1) is 13.5. The van der Waals surface area contributed by atoms with Crippen molar-refractivity contribution in [3.63, 3.8) is 0 Å². The summed E-state index contributed by atoms with van der Waals surface area (Å²) in [5.74, 6) is -2.84. The first-order valence-corrected chi connectivity index (χ1v) is 5.74. The largest absolute Gasteiger partial charge is 0.480 e. The molecule has 20 heavy (non-hydrogen) atoms. The minimum atomic E-state index is -1.38. The summed E-state index contributed by atoms with van der Waals surface area (Å²) in [7, 11) is 0. The zero-order chi connectivity index (χ0) is 14.7. The standard InChI is InChI=1S/C12H12N4O4/c13-9(17)5-8(12(19)20)14-11(18)10-6-3-1-2-4-7(6)15-16-10/h1-4,8H,5H2,(H2,13,17)(H,14,18)(H,15,16)(H,19,20)/t8-/m1/s1. The molecule has 0 aliphatic heterocycles. The third kappa shape index (κ3) is 2.74. The van der Waals surface area contributed by atoms with Gasteiger partial charge in [-0.25, -0.2) is 4.79 Å². The lowest BCUT2D eigenvalue weighted by atomic mass is 10.1. The second kappa shape index (κ2) is 5.39. The van der Waals surface area contributed by atoms with E-state index in [1.807, 2.05) is 0 Å². The summed E-state index contributed by atoms with van der Waals surface area (Å²) < 4.78 is 0. The number of H-pyrrole nitrogens is 1. The van der Waals surface area contributed by atoms with Gasteiger partial charge in [0.2, 0.25) is 5.91 Å². The van der Waals surface area contributed by atoms with Crippen molar-refractivity contribution in [2.24, 2.45) is 5.73 Å². The van der Waals surface area contributed by atoms with Crippen molar-refractivity contribution in [1.82, 2.24) is 15.5 Å². The third-order valence-corrected chi connectivity index (χ3v) is 2.69. The Bertz CT molecular complexity index is 679. The van der Waals surface area contributed by atoms with Crippen LogP contribution in [0.3, 0.4) is 0 Å². The lowest BCUT2D eigenvalue weighted by Gasteiger charge is -2.11. The maximum Gasteiger partial charge on any atom is 0.326 e. The number of para-hydroxylation sites is 1. The van der Waals surface area contributed by atoms with E-state index in [-0.39, 0.29) is 5.69 Å². The Kier molecular flexibility index (Phi) is 3.65. The first-order valence-electron chi connectivity index (χ1n) is 5.74. The molecule has 2 rings (SSSR count). The van der Waals surface area contributed by atoms with Gasteiger partial charge in [0, 0.05) is 5.39 Å². The minimum Gasteiger partial charge on any atom is -0.480 e. The van der Waals surface area contributed by atoms with Crippen molar-refractivity contribution in [2.75, 3.05) is 0 Å². The molecule has 0 saturated heterocycles. The van der Waals surface area contributed by atoms with Crippen LogP contribution in [-0.4, -0.2) is 39.1 Å². The van der Waals surface area contributed by atoms with Gasteiger partial charge in [-0.1, -0.05) is 18.2 Å². The Labute approximate surface area is 113 Å². The van der Waals surface area contributed by atoms with Crippen LogP contribution in [0.4, 0.5) is 0 Å². The van der Waals surface area contributed by atoms with E-state index in [1.54, 1.807) is 24.3 Å². The highest BCUT2D eigenvalue weighted by Crippen LogP contribution is 2.15. The van der Waals surface area contributed by atoms with Gasteiger partial charge in [-0.15, -0.1) is 0 Å². The second-order valence-corrected chi connectivity index (χ2v) is 4.15. The number of hydrogen-bond donors (Lipinski definition) is 4. The van der Waals surface area contributed by atoms with E-state index in [4.69, 9.17) is 10.8 Å². The number of nitrogens with zero attached hydrogens (tertiary/aromatic N) is 1. The Balaban J connectivity index is 2.22. The van der Waals surface area contributed by atoms with Crippen LogP contribution in [-0.2, 0) is 9.59 Å². The average Bonchev–Trinajstić information content (AvgIpc) is 2.81. The van der Waals surface area contributed by atoms with Gasteiger partial charge in [-0.05, 0) is 6.07 Å². The third-order valence-electron chi connectivity index (χ3n) is 2.69. The van der Waals surface area contributed by atoms with E-state index in [2.05, 4.69) is 15.5 Å². The predicted octanol–water partition coefficient (Wildman–Crippen LogP) is -0.379. The number of rotatable bonds is 5. The van der Waals surface area contributed by atoms with Gasteiger partial charge < -0.3 is 16.2 Å². The van der Waals surface area contributed by atoms with Gasteiger partial charge in [0.15, 0.2) is 5.69 Å². The number of benzene rings is 1. The number of amides is 2. The van der Waals surface area contributed by atoms with Crippen molar-refractivity contribution < 1.29 is 19.5 Å². The monoisotopic (exact) mass is 276 g/mol. The molecule has 0 fully saturated rings. The Morgan fingerprint density at radius 2 is 2.05 bits per heavy atom. The quantitative estimate of drug-likeness (QED) is 0.589. The molecule has 0 unspecified atom stereocenters. The molecule has 0 radical (unpaired) electrons. The van der Waals surface area contributed by atoms with Crippen molar-refractivity contribution in [3.05, 3.63) is 30.0 Å². The number of aliphatic carboxylic acids is 1. The minimum absolute atomic E-state index is 0.0660. The van der Waals surface area contributed by atoms with Crippen LogP contribution in [0.15, 0.2) is 24.3 Å². The van der Waals surface area contributed by atoms with Gasteiger partial charge >= 0.3 is 5.97 Å². The van der Waals surface area contributed by atoms with Crippen LogP contribution in [0.5, 0.6) is 0 Å². The van der Waals surface area contributed by atoms with Crippen LogP contribution in [0.25, 0.3) is 10.9 Å². The molecule has 0 spiro atoms. The van der Waals surface area contributed by atoms with Crippen molar-refractivity contribution in [3.8, 4) is 0 Å². The van der Waals surface area contributed by atoms with Gasteiger partial charge in [0.05, 0.1) is 11.9 Å². The molecule has 104 valence electrons. The molecule has 8 nitrogen and oxygen atoms in total. The fourth-order valence-electron chi connectivity index (χ4n) is 1.76. The number of aromatic amines is 1. The molecule has 1 aromatic carbocycles. The van der Waals surface area contributed by atoms with Gasteiger partial charge in [0.25, 0.3) is 5.91 Å². The zero-order valence-corrected chi connectivity index (χ0v) is 10.3. The van der Waals surface area contributed by atoms with Crippen LogP contribution in [0.2, 0.25) is 0 Å². The molecule has 1 heterocycles. The number of carboxylic acids is 1. The molecular weight excluding hydrogens is 264 g/mol. The van der Waals surface area contributed by atoms with Crippen molar-refractivity contribution >= 4 is 28.7 Å². The molecule has 1 aromatic heterocycles. The molecule has 2 amide bonds. The Morgan fingerprint density at radius 3 is 2.70 bits per heavy atom. The SMILES string of the molecule is NC(=O)C[C@@H](NC(=O)c1n[nH]c2ccccc12)C(=O)O. The number of fused-ring (bicyclic) bond motifs is 1. The zero-order valence-electron chi connectivity index (χ0n) is 10.3. The number of carbonyl (C=O) groups is 3. The fraction of sp³-hybridized carbons (Fsp3) is 0.167. The number of carbonyl (C=O) groups excluding carboxylic acids is 2. The van der Waals surface area contributed by atoms with Crippen LogP contribution in [0, 0.1) is 0 Å². The highest BCUT2D eigenvalue weighted by molar-refractivity contribution is 6.05. The number of nitrogens with one attached hydrogen (secondary N) is 2. The summed E-state index contributed by atoms with van der Waals surface area (Å²) in [6.07, 6.45) is -0.483. The lowest BCUT2D eigenvalue weighted by Crippen LogP contribution is -2.43. The summed E-state index contributed by atoms with van der Waals surface area (Å²) in [5, 5.41) is 18.2. The molecule has 0 aliphatic rings. The first-order chi connectivity index (χ1) is 9.49. The topological polar surface area (TPSA) is 138 Å². The molecule has 2 aromatic rings. The Hall–Kier alpha value is -2.90. The fourth-order valence-corrected chi connectivity index (χ4v) is 1.76. The number of primary amides is 1. The van der Waals surface area contributed by atoms with E-state index in [1.165, 1.54) is 0 Å². The van der Waals surface area contributed by atoms with Crippen LogP contribution >= 0.6 is 0 Å². The normalized spacial score (nSPS) is 12.0. The lowest BCUT2D eigenvalue weighted by molar-refractivity contribution is -0.140. The summed E-state index contributed by atoms with van der Waals surface area (Å²) in [6, 6.07) is 5.53. The summed E-state index contributed by atoms with van der Waals surface area (Å²) in [5.41, 5.74) is 5.66.